The molecule has 1 aliphatic heterocycles. The fourth-order valence-electron chi connectivity index (χ4n) is 3.56. The van der Waals surface area contributed by atoms with Crippen molar-refractivity contribution < 1.29 is 14.6 Å². The number of carbonyl (C=O) groups is 1. The summed E-state index contributed by atoms with van der Waals surface area (Å²) in [5.74, 6) is -0.649. The Bertz CT molecular complexity index is 867. The maximum Gasteiger partial charge on any atom is 0.340 e. The second kappa shape index (κ2) is 7.98. The molecule has 1 aromatic carbocycles. The number of hydrogen-bond donors (Lipinski definition) is 1. The zero-order chi connectivity index (χ0) is 19.7. The van der Waals surface area contributed by atoms with Crippen molar-refractivity contribution >= 4 is 27.6 Å². The third kappa shape index (κ3) is 4.01. The monoisotopic (exact) mass is 432 g/mol. The number of halogens is 1. The number of anilines is 1. The Balaban J connectivity index is 2.05. The molecule has 2 aromatic rings. The lowest BCUT2D eigenvalue weighted by molar-refractivity contribution is -0.157. The van der Waals surface area contributed by atoms with Crippen molar-refractivity contribution in [3.63, 3.8) is 0 Å². The number of aryl methyl sites for hydroxylation is 2. The van der Waals surface area contributed by atoms with Crippen molar-refractivity contribution in [1.82, 2.24) is 4.98 Å². The first-order chi connectivity index (χ1) is 12.8. The molecular weight excluding hydrogens is 408 g/mol. The Kier molecular flexibility index (Phi) is 5.86. The number of fused-ring (bicyclic) bond motifs is 1. The molecule has 0 amide bonds. The summed E-state index contributed by atoms with van der Waals surface area (Å²) in [6.07, 6.45) is -0.752. The van der Waals surface area contributed by atoms with E-state index in [0.29, 0.717) is 11.3 Å². The van der Waals surface area contributed by atoms with Crippen molar-refractivity contribution in [2.75, 3.05) is 11.4 Å². The van der Waals surface area contributed by atoms with Gasteiger partial charge in [-0.25, -0.2) is 4.79 Å². The van der Waals surface area contributed by atoms with Crippen LogP contribution in [0.25, 0.3) is 0 Å². The quantitative estimate of drug-likeness (QED) is 0.739. The van der Waals surface area contributed by atoms with Gasteiger partial charge in [-0.15, -0.1) is 0 Å². The van der Waals surface area contributed by atoms with Crippen LogP contribution in [0, 0.1) is 13.8 Å². The van der Waals surface area contributed by atoms with Crippen LogP contribution in [0.15, 0.2) is 28.7 Å². The minimum absolute atomic E-state index is 0.292. The molecule has 1 atom stereocenters. The van der Waals surface area contributed by atoms with Crippen molar-refractivity contribution in [1.29, 1.82) is 0 Å². The minimum atomic E-state index is -1.37. The molecule has 5 nitrogen and oxygen atoms in total. The Morgan fingerprint density at radius 3 is 2.56 bits per heavy atom. The van der Waals surface area contributed by atoms with Crippen molar-refractivity contribution in [3.8, 4) is 0 Å². The van der Waals surface area contributed by atoms with E-state index in [0.717, 1.165) is 35.4 Å². The van der Waals surface area contributed by atoms with Crippen LogP contribution in [-0.2, 0) is 22.5 Å². The maximum absolute atomic E-state index is 12.4. The number of aromatic nitrogens is 1. The van der Waals surface area contributed by atoms with Crippen LogP contribution in [0.5, 0.6) is 0 Å². The first kappa shape index (κ1) is 19.8. The molecule has 0 aliphatic carbocycles. The van der Waals surface area contributed by atoms with Gasteiger partial charge in [0.1, 0.15) is 0 Å². The molecule has 1 aliphatic rings. The number of esters is 1. The molecule has 0 radical (unpaired) electrons. The van der Waals surface area contributed by atoms with E-state index in [4.69, 9.17) is 4.74 Å². The summed E-state index contributed by atoms with van der Waals surface area (Å²) >= 11 is 3.64. The van der Waals surface area contributed by atoms with E-state index in [2.05, 4.69) is 44.0 Å². The topological polar surface area (TPSA) is 62.7 Å². The first-order valence-corrected chi connectivity index (χ1v) is 9.95. The van der Waals surface area contributed by atoms with Crippen LogP contribution in [0.3, 0.4) is 0 Å². The number of ether oxygens (including phenoxy) is 1. The van der Waals surface area contributed by atoms with Crippen LogP contribution >= 0.6 is 15.9 Å². The number of rotatable bonds is 4. The number of nitrogens with zero attached hydrogens (tertiary/aromatic N) is 2. The van der Waals surface area contributed by atoms with E-state index >= 15 is 0 Å². The molecule has 0 saturated heterocycles. The van der Waals surface area contributed by atoms with Gasteiger partial charge in [0.15, 0.2) is 6.10 Å². The van der Waals surface area contributed by atoms with Gasteiger partial charge < -0.3 is 14.7 Å². The third-order valence-corrected chi connectivity index (χ3v) is 5.75. The molecule has 3 rings (SSSR count). The summed E-state index contributed by atoms with van der Waals surface area (Å²) < 4.78 is 6.04. The van der Waals surface area contributed by atoms with Crippen molar-refractivity contribution in [2.45, 2.75) is 52.9 Å². The molecule has 6 heteroatoms. The van der Waals surface area contributed by atoms with Gasteiger partial charge in [-0.2, -0.15) is 0 Å². The Morgan fingerprint density at radius 1 is 1.22 bits per heavy atom. The number of hydrogen-bond acceptors (Lipinski definition) is 5. The molecule has 0 saturated carbocycles. The smallest absolute Gasteiger partial charge is 0.340 e. The number of benzene rings is 1. The van der Waals surface area contributed by atoms with Gasteiger partial charge in [0, 0.05) is 24.3 Å². The summed E-state index contributed by atoms with van der Waals surface area (Å²) in [6, 6.07) is 8.37. The van der Waals surface area contributed by atoms with Gasteiger partial charge in [-0.05, 0) is 61.2 Å². The molecule has 0 spiro atoms. The highest BCUT2D eigenvalue weighted by atomic mass is 79.9. The van der Waals surface area contributed by atoms with Crippen LogP contribution in [0.1, 0.15) is 48.0 Å². The number of carbonyl (C=O) groups excluding carboxylic acids is 1. The fraction of sp³-hybridized carbons (Fsp3) is 0.429. The van der Waals surface area contributed by atoms with Crippen LogP contribution in [0.4, 0.5) is 5.69 Å². The lowest BCUT2D eigenvalue weighted by Crippen LogP contribution is -2.33. The first-order valence-electron chi connectivity index (χ1n) is 9.16. The molecular formula is C21H25BrN2O3. The number of aliphatic hydroxyl groups is 1. The SMILES string of the molecule is Cc1nc(C)c(C(O)C(=O)OC(C)C)c(N2CCc3ccccc3C2)c1Br. The predicted molar refractivity (Wildman–Crippen MR) is 109 cm³/mol. The normalized spacial score (nSPS) is 14.9. The summed E-state index contributed by atoms with van der Waals surface area (Å²) in [4.78, 5) is 19.1. The second-order valence-corrected chi connectivity index (χ2v) is 7.98. The molecule has 1 unspecified atom stereocenters. The molecule has 27 heavy (non-hydrogen) atoms. The van der Waals surface area contributed by atoms with E-state index in [-0.39, 0.29) is 6.10 Å². The van der Waals surface area contributed by atoms with E-state index in [1.54, 1.807) is 13.8 Å². The maximum atomic E-state index is 12.4. The van der Waals surface area contributed by atoms with Crippen molar-refractivity contribution in [3.05, 3.63) is 56.8 Å². The highest BCUT2D eigenvalue weighted by Gasteiger charge is 2.31. The number of pyridine rings is 1. The molecule has 0 bridgehead atoms. The van der Waals surface area contributed by atoms with E-state index < -0.39 is 12.1 Å². The fourth-order valence-corrected chi connectivity index (χ4v) is 4.11. The van der Waals surface area contributed by atoms with Crippen LogP contribution in [0.2, 0.25) is 0 Å². The zero-order valence-electron chi connectivity index (χ0n) is 16.1. The molecule has 144 valence electrons. The largest absolute Gasteiger partial charge is 0.461 e. The van der Waals surface area contributed by atoms with E-state index in [1.165, 1.54) is 11.1 Å². The standard InChI is InChI=1S/C21H25BrN2O3/c1-12(2)27-21(26)20(25)17-13(3)23-14(4)18(22)19(17)24-10-9-15-7-5-6-8-16(15)11-24/h5-8,12,20,25H,9-11H2,1-4H3. The molecule has 2 heterocycles. The van der Waals surface area contributed by atoms with Crippen LogP contribution in [-0.4, -0.2) is 28.7 Å². The van der Waals surface area contributed by atoms with Gasteiger partial charge in [-0.1, -0.05) is 24.3 Å². The van der Waals surface area contributed by atoms with E-state index in [9.17, 15) is 9.90 Å². The lowest BCUT2D eigenvalue weighted by atomic mass is 9.97. The Labute approximate surface area is 168 Å². The lowest BCUT2D eigenvalue weighted by Gasteiger charge is -2.34. The average Bonchev–Trinajstić information content (AvgIpc) is 2.63. The Hall–Kier alpha value is -1.92. The summed E-state index contributed by atoms with van der Waals surface area (Å²) in [5.41, 5.74) is 5.40. The number of aliphatic hydroxyl groups excluding tert-OH is 1. The predicted octanol–water partition coefficient (Wildman–Crippen LogP) is 4.01. The highest BCUT2D eigenvalue weighted by Crippen LogP contribution is 2.40. The van der Waals surface area contributed by atoms with Gasteiger partial charge in [0.2, 0.25) is 0 Å². The minimum Gasteiger partial charge on any atom is -0.461 e. The molecule has 0 fully saturated rings. The Morgan fingerprint density at radius 2 is 1.89 bits per heavy atom. The summed E-state index contributed by atoms with van der Waals surface area (Å²) in [5, 5.41) is 10.8. The van der Waals surface area contributed by atoms with Crippen LogP contribution < -0.4 is 4.90 Å². The molecule has 1 N–H and O–H groups in total. The highest BCUT2D eigenvalue weighted by molar-refractivity contribution is 9.10. The zero-order valence-corrected chi connectivity index (χ0v) is 17.7. The molecule has 1 aromatic heterocycles. The second-order valence-electron chi connectivity index (χ2n) is 7.19. The van der Waals surface area contributed by atoms with Gasteiger partial charge in [-0.3, -0.25) is 4.98 Å². The van der Waals surface area contributed by atoms with Gasteiger partial charge in [0.25, 0.3) is 0 Å². The summed E-state index contributed by atoms with van der Waals surface area (Å²) in [7, 11) is 0. The van der Waals surface area contributed by atoms with Gasteiger partial charge >= 0.3 is 5.97 Å². The average molecular weight is 433 g/mol. The van der Waals surface area contributed by atoms with Crippen molar-refractivity contribution in [2.24, 2.45) is 0 Å². The third-order valence-electron chi connectivity index (χ3n) is 4.80. The summed E-state index contributed by atoms with van der Waals surface area (Å²) in [6.45, 7) is 8.80. The van der Waals surface area contributed by atoms with E-state index in [1.807, 2.05) is 19.9 Å². The van der Waals surface area contributed by atoms with Gasteiger partial charge in [0.05, 0.1) is 22.0 Å².